The molecule has 1 aromatic carbocycles. The summed E-state index contributed by atoms with van der Waals surface area (Å²) >= 11 is 1.65. The maximum Gasteiger partial charge on any atom is 0.160 e. The van der Waals surface area contributed by atoms with Crippen LogP contribution in [0.2, 0.25) is 0 Å². The number of nitrogens with two attached hydrogens (primary N) is 1. The van der Waals surface area contributed by atoms with Crippen LogP contribution in [-0.4, -0.2) is 10.8 Å². The summed E-state index contributed by atoms with van der Waals surface area (Å²) in [4.78, 5) is 9.75. The van der Waals surface area contributed by atoms with Crippen LogP contribution in [0.1, 0.15) is 42.5 Å². The van der Waals surface area contributed by atoms with Crippen molar-refractivity contribution in [2.45, 2.75) is 39.2 Å². The van der Waals surface area contributed by atoms with E-state index in [2.05, 4.69) is 36.1 Å². The van der Waals surface area contributed by atoms with Crippen LogP contribution in [0.4, 0.5) is 0 Å². The minimum Gasteiger partial charge on any atom is -0.388 e. The molecule has 0 saturated heterocycles. The summed E-state index contributed by atoms with van der Waals surface area (Å²) < 4.78 is 0. The van der Waals surface area contributed by atoms with E-state index in [0.29, 0.717) is 24.8 Å². The Bertz CT molecular complexity index is 578. The molecule has 0 saturated carbocycles. The van der Waals surface area contributed by atoms with Gasteiger partial charge in [-0.15, -0.1) is 11.3 Å². The van der Waals surface area contributed by atoms with Gasteiger partial charge in [0.1, 0.15) is 5.84 Å². The van der Waals surface area contributed by atoms with Gasteiger partial charge in [0.05, 0.1) is 10.7 Å². The predicted molar refractivity (Wildman–Crippen MR) is 87.4 cm³/mol. The molecular weight excluding hydrogens is 282 g/mol. The van der Waals surface area contributed by atoms with Gasteiger partial charge in [0.2, 0.25) is 0 Å². The molecule has 0 radical (unpaired) electrons. The zero-order valence-corrected chi connectivity index (χ0v) is 13.3. The number of hydrogen-bond acceptors (Lipinski definition) is 4. The molecule has 0 bridgehead atoms. The summed E-state index contributed by atoms with van der Waals surface area (Å²) in [6.07, 6.45) is 1.56. The highest BCUT2D eigenvalue weighted by molar-refractivity contribution is 7.09. The van der Waals surface area contributed by atoms with Crippen LogP contribution in [-0.2, 0) is 17.9 Å². The molecule has 0 fully saturated rings. The highest BCUT2D eigenvalue weighted by Gasteiger charge is 2.06. The molecule has 4 nitrogen and oxygen atoms in total. The summed E-state index contributed by atoms with van der Waals surface area (Å²) in [5.41, 5.74) is 8.00. The SMILES string of the molecule is CC(C)c1nc(CO/N=C(\N)CCc2ccccc2)cs1. The molecule has 2 N–H and O–H groups in total. The quantitative estimate of drug-likeness (QED) is 0.482. The lowest BCUT2D eigenvalue weighted by Gasteiger charge is -2.02. The van der Waals surface area contributed by atoms with Crippen LogP contribution in [0, 0.1) is 0 Å². The van der Waals surface area contributed by atoms with E-state index in [0.717, 1.165) is 17.1 Å². The van der Waals surface area contributed by atoms with E-state index in [4.69, 9.17) is 10.6 Å². The van der Waals surface area contributed by atoms with Crippen LogP contribution in [0.5, 0.6) is 0 Å². The Kier molecular flexibility index (Phi) is 5.75. The van der Waals surface area contributed by atoms with Crippen molar-refractivity contribution in [3.63, 3.8) is 0 Å². The monoisotopic (exact) mass is 303 g/mol. The average molecular weight is 303 g/mol. The maximum absolute atomic E-state index is 5.85. The van der Waals surface area contributed by atoms with Crippen molar-refractivity contribution in [1.29, 1.82) is 0 Å². The van der Waals surface area contributed by atoms with Gasteiger partial charge >= 0.3 is 0 Å². The highest BCUT2D eigenvalue weighted by Crippen LogP contribution is 2.19. The van der Waals surface area contributed by atoms with Crippen LogP contribution < -0.4 is 5.73 Å². The lowest BCUT2D eigenvalue weighted by molar-refractivity contribution is 0.127. The Morgan fingerprint density at radius 1 is 1.33 bits per heavy atom. The number of hydrogen-bond donors (Lipinski definition) is 1. The Hall–Kier alpha value is -1.88. The number of thiazole rings is 1. The van der Waals surface area contributed by atoms with Gasteiger partial charge in [-0.1, -0.05) is 49.3 Å². The third-order valence-corrected chi connectivity index (χ3v) is 4.16. The first-order valence-corrected chi connectivity index (χ1v) is 7.95. The van der Waals surface area contributed by atoms with Gasteiger partial charge in [0.25, 0.3) is 0 Å². The predicted octanol–water partition coefficient (Wildman–Crippen LogP) is 3.69. The summed E-state index contributed by atoms with van der Waals surface area (Å²) in [5, 5.41) is 7.07. The minimum atomic E-state index is 0.370. The molecule has 2 rings (SSSR count). The first-order valence-electron chi connectivity index (χ1n) is 7.07. The molecule has 1 aromatic heterocycles. The second-order valence-corrected chi connectivity index (χ2v) is 6.06. The van der Waals surface area contributed by atoms with Gasteiger partial charge in [0.15, 0.2) is 6.61 Å². The lowest BCUT2D eigenvalue weighted by Crippen LogP contribution is -2.13. The largest absolute Gasteiger partial charge is 0.388 e. The average Bonchev–Trinajstić information content (AvgIpc) is 2.95. The standard InChI is InChI=1S/C16H21N3OS/c1-12(2)16-18-14(11-21-16)10-20-19-15(17)9-8-13-6-4-3-5-7-13/h3-7,11-12H,8-10H2,1-2H3,(H2,17,19). The van der Waals surface area contributed by atoms with Crippen molar-refractivity contribution in [1.82, 2.24) is 4.98 Å². The van der Waals surface area contributed by atoms with Crippen LogP contribution >= 0.6 is 11.3 Å². The van der Waals surface area contributed by atoms with E-state index < -0.39 is 0 Å². The molecule has 0 aliphatic rings. The molecule has 0 aliphatic carbocycles. The molecule has 112 valence electrons. The Labute approximate surface area is 129 Å². The fraction of sp³-hybridized carbons (Fsp3) is 0.375. The van der Waals surface area contributed by atoms with E-state index in [1.54, 1.807) is 11.3 Å². The summed E-state index contributed by atoms with van der Waals surface area (Å²) in [6, 6.07) is 10.2. The lowest BCUT2D eigenvalue weighted by atomic mass is 10.1. The maximum atomic E-state index is 5.85. The number of aryl methyl sites for hydroxylation is 1. The molecule has 0 aliphatic heterocycles. The number of oxime groups is 1. The normalized spacial score (nSPS) is 11.9. The van der Waals surface area contributed by atoms with Gasteiger partial charge in [-0.05, 0) is 12.0 Å². The van der Waals surface area contributed by atoms with Gasteiger partial charge < -0.3 is 10.6 Å². The Balaban J connectivity index is 1.75. The van der Waals surface area contributed by atoms with Crippen molar-refractivity contribution in [3.8, 4) is 0 Å². The van der Waals surface area contributed by atoms with Crippen LogP contribution in [0.3, 0.4) is 0 Å². The molecule has 1 heterocycles. The molecule has 5 heteroatoms. The molecule has 21 heavy (non-hydrogen) atoms. The number of benzene rings is 1. The summed E-state index contributed by atoms with van der Waals surface area (Å²) in [6.45, 7) is 4.63. The fourth-order valence-electron chi connectivity index (χ4n) is 1.80. The van der Waals surface area contributed by atoms with E-state index in [1.165, 1.54) is 5.56 Å². The zero-order chi connectivity index (χ0) is 15.1. The molecule has 0 spiro atoms. The Morgan fingerprint density at radius 2 is 2.10 bits per heavy atom. The van der Waals surface area contributed by atoms with Crippen molar-refractivity contribution in [3.05, 3.63) is 52.0 Å². The fourth-order valence-corrected chi connectivity index (χ4v) is 2.62. The van der Waals surface area contributed by atoms with E-state index >= 15 is 0 Å². The third-order valence-electron chi connectivity index (χ3n) is 2.97. The second kappa shape index (κ2) is 7.78. The highest BCUT2D eigenvalue weighted by atomic mass is 32.1. The summed E-state index contributed by atoms with van der Waals surface area (Å²) in [7, 11) is 0. The summed E-state index contributed by atoms with van der Waals surface area (Å²) in [5.74, 6) is 0.960. The van der Waals surface area contributed by atoms with Crippen molar-refractivity contribution < 1.29 is 4.84 Å². The number of rotatable bonds is 7. The van der Waals surface area contributed by atoms with Crippen LogP contribution in [0.25, 0.3) is 0 Å². The smallest absolute Gasteiger partial charge is 0.160 e. The van der Waals surface area contributed by atoms with Crippen molar-refractivity contribution >= 4 is 17.2 Å². The first-order chi connectivity index (χ1) is 10.1. The van der Waals surface area contributed by atoms with Crippen molar-refractivity contribution in [2.75, 3.05) is 0 Å². The minimum absolute atomic E-state index is 0.370. The van der Waals surface area contributed by atoms with Crippen molar-refractivity contribution in [2.24, 2.45) is 10.9 Å². The van der Waals surface area contributed by atoms with Gasteiger partial charge in [0, 0.05) is 17.7 Å². The Morgan fingerprint density at radius 3 is 2.76 bits per heavy atom. The van der Waals surface area contributed by atoms with Gasteiger partial charge in [-0.2, -0.15) is 0 Å². The molecule has 2 aromatic rings. The first kappa shape index (κ1) is 15.5. The van der Waals surface area contributed by atoms with E-state index in [-0.39, 0.29) is 0 Å². The van der Waals surface area contributed by atoms with E-state index in [1.807, 2.05) is 23.6 Å². The second-order valence-electron chi connectivity index (χ2n) is 5.17. The molecule has 0 atom stereocenters. The molecule has 0 amide bonds. The number of aromatic nitrogens is 1. The third kappa shape index (κ3) is 5.19. The number of nitrogens with zero attached hydrogens (tertiary/aromatic N) is 2. The molecule has 0 unspecified atom stereocenters. The van der Waals surface area contributed by atoms with E-state index in [9.17, 15) is 0 Å². The number of amidine groups is 1. The van der Waals surface area contributed by atoms with Crippen LogP contribution in [0.15, 0.2) is 40.9 Å². The van der Waals surface area contributed by atoms with Gasteiger partial charge in [-0.3, -0.25) is 0 Å². The topological polar surface area (TPSA) is 60.5 Å². The molecular formula is C16H21N3OS. The zero-order valence-electron chi connectivity index (χ0n) is 12.5. The van der Waals surface area contributed by atoms with Gasteiger partial charge in [-0.25, -0.2) is 4.98 Å².